The molecule has 0 spiro atoms. The van der Waals surface area contributed by atoms with Crippen LogP contribution in [-0.2, 0) is 11.2 Å². The summed E-state index contributed by atoms with van der Waals surface area (Å²) in [5, 5.41) is 13.8. The summed E-state index contributed by atoms with van der Waals surface area (Å²) in [5.74, 6) is 1.34. The molecule has 198 valence electrons. The van der Waals surface area contributed by atoms with Crippen LogP contribution in [-0.4, -0.2) is 60.1 Å². The Morgan fingerprint density at radius 2 is 1.81 bits per heavy atom. The third-order valence-electron chi connectivity index (χ3n) is 8.57. The highest BCUT2D eigenvalue weighted by Gasteiger charge is 2.35. The Morgan fingerprint density at radius 1 is 1.06 bits per heavy atom. The van der Waals surface area contributed by atoms with Crippen LogP contribution < -0.4 is 0 Å². The average molecular weight is 515 g/mol. The van der Waals surface area contributed by atoms with E-state index in [2.05, 4.69) is 33.7 Å². The summed E-state index contributed by atoms with van der Waals surface area (Å²) in [4.78, 5) is 16.1. The van der Waals surface area contributed by atoms with Crippen molar-refractivity contribution in [2.75, 3.05) is 33.2 Å². The van der Waals surface area contributed by atoms with Gasteiger partial charge in [-0.25, -0.2) is 4.39 Å². The fourth-order valence-corrected chi connectivity index (χ4v) is 6.64. The lowest BCUT2D eigenvalue weighted by Crippen LogP contribution is -2.41. The Morgan fingerprint density at radius 3 is 2.42 bits per heavy atom. The smallest absolute Gasteiger partial charge is 0.320 e. The molecule has 2 aliphatic heterocycles. The minimum absolute atomic E-state index is 0.135. The van der Waals surface area contributed by atoms with E-state index in [0.29, 0.717) is 11.8 Å². The lowest BCUT2D eigenvalue weighted by molar-refractivity contribution is -0.143. The van der Waals surface area contributed by atoms with Gasteiger partial charge in [0.1, 0.15) is 11.9 Å². The van der Waals surface area contributed by atoms with Crippen molar-refractivity contribution in [2.24, 2.45) is 11.8 Å². The molecule has 0 radical (unpaired) electrons. The van der Waals surface area contributed by atoms with Gasteiger partial charge in [0.15, 0.2) is 0 Å². The molecular weight excluding hydrogens is 471 g/mol. The van der Waals surface area contributed by atoms with Crippen LogP contribution in [0.25, 0.3) is 0 Å². The maximum atomic E-state index is 12.7. The summed E-state index contributed by atoms with van der Waals surface area (Å²) in [5.41, 5.74) is 2.65. The predicted molar refractivity (Wildman–Crippen MR) is 146 cm³/mol. The van der Waals surface area contributed by atoms with Crippen molar-refractivity contribution < 1.29 is 14.3 Å². The van der Waals surface area contributed by atoms with Crippen LogP contribution in [0, 0.1) is 17.7 Å². The topological polar surface area (TPSA) is 43.8 Å². The fraction of sp³-hybridized carbons (Fsp3) is 0.633. The number of hydrogen-bond donors (Lipinski definition) is 1. The van der Waals surface area contributed by atoms with Crippen molar-refractivity contribution in [3.05, 3.63) is 58.0 Å². The number of aliphatic carboxylic acids is 1. The molecule has 2 atom stereocenters. The first kappa shape index (κ1) is 27.3. The molecule has 6 heteroatoms. The van der Waals surface area contributed by atoms with Crippen molar-refractivity contribution in [1.82, 2.24) is 9.80 Å². The first-order valence-electron chi connectivity index (χ1n) is 13.9. The second kappa shape index (κ2) is 13.7. The Hall–Kier alpha value is -1.76. The minimum Gasteiger partial charge on any atom is -0.480 e. The average Bonchev–Trinajstić information content (AvgIpc) is 3.54. The third kappa shape index (κ3) is 8.12. The fourth-order valence-electron chi connectivity index (χ4n) is 5.90. The van der Waals surface area contributed by atoms with Crippen molar-refractivity contribution >= 4 is 17.3 Å². The largest absolute Gasteiger partial charge is 0.480 e. The van der Waals surface area contributed by atoms with Gasteiger partial charge in [0.05, 0.1) is 0 Å². The van der Waals surface area contributed by atoms with Crippen LogP contribution in [0.2, 0.25) is 0 Å². The van der Waals surface area contributed by atoms with E-state index < -0.39 is 5.97 Å². The number of carboxylic acids is 1. The number of thiophene rings is 1. The molecule has 5 rings (SSSR count). The summed E-state index contributed by atoms with van der Waals surface area (Å²) in [6.45, 7) is 4.35. The molecule has 3 heterocycles. The zero-order valence-electron chi connectivity index (χ0n) is 21.8. The van der Waals surface area contributed by atoms with Crippen LogP contribution >= 0.6 is 11.3 Å². The van der Waals surface area contributed by atoms with Crippen LogP contribution in [0.5, 0.6) is 0 Å². The van der Waals surface area contributed by atoms with E-state index >= 15 is 0 Å². The van der Waals surface area contributed by atoms with Crippen molar-refractivity contribution in [3.63, 3.8) is 0 Å². The molecule has 36 heavy (non-hydrogen) atoms. The standard InChI is InChI=1S/C15H22FN.C15H21NO2S/c1-17-11-9-14(10-12-17)4-2-3-13-5-7-15(16)8-6-13;17-15(18)14(8-11-2-1-3-11)16-6-4-12(9-16)13-5-7-19-10-13/h5-8,14H,2-4,9-12H2,1H3;5,7,10-12,14H,1-4,6,8-9H2,(H,17,18). The lowest BCUT2D eigenvalue weighted by atomic mass is 9.80. The quantitative estimate of drug-likeness (QED) is 0.406. The van der Waals surface area contributed by atoms with Crippen LogP contribution in [0.4, 0.5) is 4.39 Å². The maximum absolute atomic E-state index is 12.7. The molecule has 1 aromatic carbocycles. The van der Waals surface area contributed by atoms with E-state index in [-0.39, 0.29) is 11.9 Å². The summed E-state index contributed by atoms with van der Waals surface area (Å²) < 4.78 is 12.7. The molecule has 2 aromatic rings. The van der Waals surface area contributed by atoms with Crippen molar-refractivity contribution in [1.29, 1.82) is 0 Å². The summed E-state index contributed by atoms with van der Waals surface area (Å²) in [6, 6.07) is 8.86. The molecular formula is C30H43FN2O2S. The number of benzene rings is 1. The number of nitrogens with zero attached hydrogens (tertiary/aromatic N) is 2. The summed E-state index contributed by atoms with van der Waals surface area (Å²) in [6.07, 6.45) is 12.0. The number of piperidine rings is 1. The first-order valence-corrected chi connectivity index (χ1v) is 14.8. The highest BCUT2D eigenvalue weighted by molar-refractivity contribution is 7.08. The molecule has 1 aliphatic carbocycles. The second-order valence-corrected chi connectivity index (χ2v) is 12.0. The third-order valence-corrected chi connectivity index (χ3v) is 9.27. The van der Waals surface area contributed by atoms with Gasteiger partial charge in [-0.05, 0) is 123 Å². The monoisotopic (exact) mass is 514 g/mol. The Balaban J connectivity index is 0.000000170. The molecule has 1 N–H and O–H groups in total. The summed E-state index contributed by atoms with van der Waals surface area (Å²) >= 11 is 1.73. The SMILES string of the molecule is CN1CCC(CCCc2ccc(F)cc2)CC1.O=C(O)C(CC1CCC1)N1CCC(c2ccsc2)C1. The number of carbonyl (C=O) groups is 1. The van der Waals surface area contributed by atoms with Gasteiger partial charge in [0.2, 0.25) is 0 Å². The molecule has 4 nitrogen and oxygen atoms in total. The molecule has 3 aliphatic rings. The number of halogens is 1. The molecule has 2 unspecified atom stereocenters. The summed E-state index contributed by atoms with van der Waals surface area (Å²) in [7, 11) is 2.20. The Labute approximate surface area is 220 Å². The molecule has 3 fully saturated rings. The van der Waals surface area contributed by atoms with Gasteiger partial charge in [0.25, 0.3) is 0 Å². The molecule has 2 saturated heterocycles. The van der Waals surface area contributed by atoms with E-state index in [9.17, 15) is 14.3 Å². The zero-order chi connectivity index (χ0) is 25.3. The predicted octanol–water partition coefficient (Wildman–Crippen LogP) is 6.67. The number of hydrogen-bond acceptors (Lipinski definition) is 4. The van der Waals surface area contributed by atoms with E-state index in [0.717, 1.165) is 38.3 Å². The molecule has 0 amide bonds. The Bertz CT molecular complexity index is 908. The lowest BCUT2D eigenvalue weighted by Gasteiger charge is -2.32. The van der Waals surface area contributed by atoms with Gasteiger partial charge in [0, 0.05) is 6.54 Å². The van der Waals surface area contributed by atoms with Crippen LogP contribution in [0.15, 0.2) is 41.1 Å². The maximum Gasteiger partial charge on any atom is 0.320 e. The molecule has 0 bridgehead atoms. The highest BCUT2D eigenvalue weighted by atomic mass is 32.1. The minimum atomic E-state index is -0.627. The molecule has 1 aromatic heterocycles. The van der Waals surface area contributed by atoms with Crippen LogP contribution in [0.1, 0.15) is 74.8 Å². The van der Waals surface area contributed by atoms with Gasteiger partial charge in [-0.2, -0.15) is 11.3 Å². The number of likely N-dealkylation sites (tertiary alicyclic amines) is 2. The van der Waals surface area contributed by atoms with Crippen LogP contribution in [0.3, 0.4) is 0 Å². The van der Waals surface area contributed by atoms with E-state index in [1.807, 2.05) is 12.1 Å². The van der Waals surface area contributed by atoms with Gasteiger partial charge in [-0.15, -0.1) is 0 Å². The number of carboxylic acid groups (broad SMARTS) is 1. The van der Waals surface area contributed by atoms with Gasteiger partial charge < -0.3 is 10.0 Å². The first-order chi connectivity index (χ1) is 17.5. The normalized spacial score (nSPS) is 22.6. The van der Waals surface area contributed by atoms with Gasteiger partial charge in [-0.3, -0.25) is 9.69 Å². The highest BCUT2D eigenvalue weighted by Crippen LogP contribution is 2.35. The van der Waals surface area contributed by atoms with E-state index in [1.54, 1.807) is 23.5 Å². The number of aryl methyl sites for hydroxylation is 1. The Kier molecular flexibility index (Phi) is 10.4. The molecule has 1 saturated carbocycles. The zero-order valence-corrected chi connectivity index (χ0v) is 22.6. The van der Waals surface area contributed by atoms with E-state index in [4.69, 9.17) is 0 Å². The number of rotatable bonds is 9. The van der Waals surface area contributed by atoms with Gasteiger partial charge >= 0.3 is 5.97 Å². The van der Waals surface area contributed by atoms with Crippen molar-refractivity contribution in [3.8, 4) is 0 Å². The second-order valence-electron chi connectivity index (χ2n) is 11.2. The van der Waals surface area contributed by atoms with Gasteiger partial charge in [-0.1, -0.05) is 37.8 Å². The van der Waals surface area contributed by atoms with E-state index in [1.165, 1.54) is 69.2 Å². The van der Waals surface area contributed by atoms with Crippen molar-refractivity contribution in [2.45, 2.75) is 76.2 Å².